The van der Waals surface area contributed by atoms with Crippen molar-refractivity contribution in [1.82, 2.24) is 19.7 Å². The van der Waals surface area contributed by atoms with Crippen LogP contribution in [0.1, 0.15) is 10.4 Å². The van der Waals surface area contributed by atoms with Crippen molar-refractivity contribution in [2.75, 3.05) is 31.1 Å². The molecule has 0 saturated carbocycles. The lowest BCUT2D eigenvalue weighted by molar-refractivity contribution is 0.0746. The first-order valence-electron chi connectivity index (χ1n) is 8.92. The molecule has 0 N–H and O–H groups in total. The van der Waals surface area contributed by atoms with Gasteiger partial charge in [0.1, 0.15) is 5.82 Å². The molecule has 1 amide bonds. The molecule has 0 atom stereocenters. The number of benzene rings is 1. The molecular formula is C20H18ClN5O2. The zero-order valence-electron chi connectivity index (χ0n) is 15.0. The minimum atomic E-state index is -0.211. The van der Waals surface area contributed by atoms with Gasteiger partial charge >= 0.3 is 0 Å². The number of halogens is 1. The monoisotopic (exact) mass is 395 g/mol. The summed E-state index contributed by atoms with van der Waals surface area (Å²) in [5, 5.41) is 5.10. The summed E-state index contributed by atoms with van der Waals surface area (Å²) in [5.74, 6) is 0.701. The molecule has 1 aliphatic rings. The number of nitrogens with zero attached hydrogens (tertiary/aromatic N) is 5. The predicted octanol–water partition coefficient (Wildman–Crippen LogP) is 2.24. The molecule has 3 heterocycles. The van der Waals surface area contributed by atoms with Crippen molar-refractivity contribution < 1.29 is 4.79 Å². The fourth-order valence-corrected chi connectivity index (χ4v) is 3.28. The molecule has 0 spiro atoms. The summed E-state index contributed by atoms with van der Waals surface area (Å²) in [6, 6.07) is 13.6. The highest BCUT2D eigenvalue weighted by Crippen LogP contribution is 2.16. The molecule has 28 heavy (non-hydrogen) atoms. The summed E-state index contributed by atoms with van der Waals surface area (Å²) in [6.07, 6.45) is 3.24. The molecule has 1 aromatic carbocycles. The van der Waals surface area contributed by atoms with E-state index in [1.54, 1.807) is 54.9 Å². The van der Waals surface area contributed by atoms with Gasteiger partial charge in [0.2, 0.25) is 0 Å². The number of piperazine rings is 1. The minimum absolute atomic E-state index is 0.00106. The number of pyridine rings is 1. The topological polar surface area (TPSA) is 71.3 Å². The molecule has 3 aromatic rings. The van der Waals surface area contributed by atoms with Gasteiger partial charge in [-0.2, -0.15) is 4.68 Å². The molecule has 1 aliphatic heterocycles. The molecule has 8 heteroatoms. The fourth-order valence-electron chi connectivity index (χ4n) is 3.15. The van der Waals surface area contributed by atoms with Crippen molar-refractivity contribution in [2.24, 2.45) is 0 Å². The van der Waals surface area contributed by atoms with E-state index >= 15 is 0 Å². The molecular weight excluding hydrogens is 378 g/mol. The second-order valence-corrected chi connectivity index (χ2v) is 6.87. The van der Waals surface area contributed by atoms with Crippen molar-refractivity contribution in [2.45, 2.75) is 0 Å². The van der Waals surface area contributed by atoms with Gasteiger partial charge in [0, 0.05) is 55.2 Å². The molecule has 1 saturated heterocycles. The van der Waals surface area contributed by atoms with Crippen LogP contribution in [0, 0.1) is 0 Å². The second kappa shape index (κ2) is 7.82. The van der Waals surface area contributed by atoms with Crippen LogP contribution in [0.4, 0.5) is 5.82 Å². The summed E-state index contributed by atoms with van der Waals surface area (Å²) >= 11 is 5.92. The van der Waals surface area contributed by atoms with Crippen LogP contribution in [-0.2, 0) is 0 Å². The third-order valence-corrected chi connectivity index (χ3v) is 4.93. The number of carbonyl (C=O) groups excluding carboxylic acids is 1. The zero-order chi connectivity index (χ0) is 19.5. The van der Waals surface area contributed by atoms with Gasteiger partial charge in [-0.25, -0.2) is 0 Å². The summed E-state index contributed by atoms with van der Waals surface area (Å²) in [7, 11) is 0. The lowest BCUT2D eigenvalue weighted by Gasteiger charge is -2.35. The van der Waals surface area contributed by atoms with E-state index in [-0.39, 0.29) is 11.5 Å². The maximum Gasteiger partial charge on any atom is 0.271 e. The number of carbonyl (C=O) groups is 1. The van der Waals surface area contributed by atoms with E-state index in [1.807, 2.05) is 4.90 Å². The van der Waals surface area contributed by atoms with Crippen molar-refractivity contribution in [3.63, 3.8) is 0 Å². The average molecular weight is 396 g/mol. The van der Waals surface area contributed by atoms with E-state index in [0.717, 1.165) is 0 Å². The average Bonchev–Trinajstić information content (AvgIpc) is 2.75. The van der Waals surface area contributed by atoms with Gasteiger partial charge in [0.25, 0.3) is 11.5 Å². The highest BCUT2D eigenvalue weighted by Gasteiger charge is 2.23. The normalized spacial score (nSPS) is 14.2. The number of anilines is 1. The third-order valence-electron chi connectivity index (χ3n) is 4.68. The molecule has 4 rings (SSSR count). The van der Waals surface area contributed by atoms with Crippen LogP contribution in [0.15, 0.2) is 65.7 Å². The molecule has 7 nitrogen and oxygen atoms in total. The van der Waals surface area contributed by atoms with Gasteiger partial charge < -0.3 is 9.80 Å². The van der Waals surface area contributed by atoms with Crippen LogP contribution in [0.5, 0.6) is 0 Å². The second-order valence-electron chi connectivity index (χ2n) is 6.43. The first kappa shape index (κ1) is 18.2. The summed E-state index contributed by atoms with van der Waals surface area (Å²) in [6.45, 7) is 2.46. The van der Waals surface area contributed by atoms with Gasteiger partial charge in [-0.05, 0) is 42.5 Å². The Morgan fingerprint density at radius 3 is 2.25 bits per heavy atom. The lowest BCUT2D eigenvalue weighted by Crippen LogP contribution is -2.49. The molecule has 0 bridgehead atoms. The van der Waals surface area contributed by atoms with Crippen LogP contribution >= 0.6 is 11.6 Å². The highest BCUT2D eigenvalue weighted by molar-refractivity contribution is 6.30. The Morgan fingerprint density at radius 1 is 0.893 bits per heavy atom. The molecule has 142 valence electrons. The van der Waals surface area contributed by atoms with Crippen LogP contribution in [0.2, 0.25) is 5.02 Å². The minimum Gasteiger partial charge on any atom is -0.352 e. The SMILES string of the molecule is O=C(c1ccncc1)N1CCN(c2ccc(=O)n(-c3ccc(Cl)cc3)n2)CC1. The van der Waals surface area contributed by atoms with Crippen LogP contribution < -0.4 is 10.5 Å². The predicted molar refractivity (Wildman–Crippen MR) is 107 cm³/mol. The Hall–Kier alpha value is -3.19. The van der Waals surface area contributed by atoms with Crippen molar-refractivity contribution >= 4 is 23.3 Å². The van der Waals surface area contributed by atoms with Gasteiger partial charge in [0.15, 0.2) is 0 Å². The van der Waals surface area contributed by atoms with E-state index in [0.29, 0.717) is 48.3 Å². The van der Waals surface area contributed by atoms with E-state index in [1.165, 1.54) is 10.7 Å². The van der Waals surface area contributed by atoms with Crippen molar-refractivity contribution in [1.29, 1.82) is 0 Å². The van der Waals surface area contributed by atoms with Crippen molar-refractivity contribution in [3.05, 3.63) is 81.9 Å². The highest BCUT2D eigenvalue weighted by atomic mass is 35.5. The number of amides is 1. The van der Waals surface area contributed by atoms with E-state index in [4.69, 9.17) is 11.6 Å². The van der Waals surface area contributed by atoms with Crippen LogP contribution in [-0.4, -0.2) is 51.8 Å². The zero-order valence-corrected chi connectivity index (χ0v) is 15.8. The fraction of sp³-hybridized carbons (Fsp3) is 0.200. The Labute approximate surface area is 166 Å². The largest absolute Gasteiger partial charge is 0.352 e. The summed E-state index contributed by atoms with van der Waals surface area (Å²) < 4.78 is 1.36. The molecule has 0 aliphatic carbocycles. The van der Waals surface area contributed by atoms with Crippen LogP contribution in [0.25, 0.3) is 5.69 Å². The molecule has 1 fully saturated rings. The smallest absolute Gasteiger partial charge is 0.271 e. The Bertz CT molecular complexity index is 1030. The number of aromatic nitrogens is 3. The van der Waals surface area contributed by atoms with Gasteiger partial charge in [-0.15, -0.1) is 5.10 Å². The van der Waals surface area contributed by atoms with Crippen molar-refractivity contribution in [3.8, 4) is 5.69 Å². The molecule has 0 unspecified atom stereocenters. The Kier molecular flexibility index (Phi) is 5.08. The molecule has 0 radical (unpaired) electrons. The van der Waals surface area contributed by atoms with E-state index in [9.17, 15) is 9.59 Å². The maximum absolute atomic E-state index is 12.6. The first-order valence-corrected chi connectivity index (χ1v) is 9.30. The molecule has 2 aromatic heterocycles. The number of hydrogen-bond acceptors (Lipinski definition) is 5. The third kappa shape index (κ3) is 3.75. The van der Waals surface area contributed by atoms with Gasteiger partial charge in [-0.3, -0.25) is 14.6 Å². The van der Waals surface area contributed by atoms with Crippen LogP contribution in [0.3, 0.4) is 0 Å². The summed E-state index contributed by atoms with van der Waals surface area (Å²) in [4.78, 5) is 32.6. The van der Waals surface area contributed by atoms with Gasteiger partial charge in [-0.1, -0.05) is 11.6 Å². The van der Waals surface area contributed by atoms with E-state index < -0.39 is 0 Å². The van der Waals surface area contributed by atoms with E-state index in [2.05, 4.69) is 15.0 Å². The number of hydrogen-bond donors (Lipinski definition) is 0. The standard InChI is InChI=1S/C20H18ClN5O2/c21-16-1-3-17(4-2-16)26-19(27)6-5-18(23-26)24-11-13-25(14-12-24)20(28)15-7-9-22-10-8-15/h1-10H,11-14H2. The Morgan fingerprint density at radius 2 is 1.57 bits per heavy atom. The first-order chi connectivity index (χ1) is 13.6. The lowest BCUT2D eigenvalue weighted by atomic mass is 10.2. The maximum atomic E-state index is 12.6. The quantitative estimate of drug-likeness (QED) is 0.680. The summed E-state index contributed by atoms with van der Waals surface area (Å²) in [5.41, 5.74) is 1.08. The Balaban J connectivity index is 1.49. The van der Waals surface area contributed by atoms with Gasteiger partial charge in [0.05, 0.1) is 5.69 Å². The number of rotatable bonds is 3.